The SMILES string of the molecule is CC1(C)c2cc(C#N)ccc2-c2ccc(-c3cccc(C4[N-]C(c5ccccc5)=NC(c5cccc6c5-c5ccccc5C65c6ccccc6Oc6ccccc65)N4)c3)cc21. The maximum Gasteiger partial charge on any atom is 0.132 e. The van der Waals surface area contributed by atoms with E-state index in [1.165, 1.54) is 44.5 Å². The highest BCUT2D eigenvalue weighted by atomic mass is 16.5. The van der Waals surface area contributed by atoms with Gasteiger partial charge in [-0.05, 0) is 109 Å². The molecule has 0 radical (unpaired) electrons. The minimum absolute atomic E-state index is 0.234. The summed E-state index contributed by atoms with van der Waals surface area (Å²) in [4.78, 5) is 5.43. The third-order valence-electron chi connectivity index (χ3n) is 13.4. The molecule has 0 aromatic heterocycles. The van der Waals surface area contributed by atoms with Crippen LogP contribution in [-0.2, 0) is 10.8 Å². The number of benzene rings is 8. The topological polar surface area (TPSA) is 71.5 Å². The molecule has 2 heterocycles. The summed E-state index contributed by atoms with van der Waals surface area (Å²) in [5.41, 5.74) is 17.3. The zero-order valence-corrected chi connectivity index (χ0v) is 33.7. The number of amidine groups is 1. The Labute approximate surface area is 355 Å². The van der Waals surface area contributed by atoms with Crippen molar-refractivity contribution in [3.8, 4) is 50.9 Å². The Balaban J connectivity index is 0.985. The molecule has 2 unspecified atom stereocenters. The van der Waals surface area contributed by atoms with Crippen molar-refractivity contribution in [2.45, 2.75) is 37.0 Å². The fourth-order valence-electron chi connectivity index (χ4n) is 10.6. The molecule has 1 N–H and O–H groups in total. The summed E-state index contributed by atoms with van der Waals surface area (Å²) in [7, 11) is 0. The van der Waals surface area contributed by atoms with E-state index in [0.29, 0.717) is 11.4 Å². The van der Waals surface area contributed by atoms with Crippen molar-refractivity contribution in [2.24, 2.45) is 4.99 Å². The normalized spacial score (nSPS) is 17.9. The molecule has 0 bridgehead atoms. The number of hydrogen-bond acceptors (Lipinski definition) is 4. The summed E-state index contributed by atoms with van der Waals surface area (Å²) >= 11 is 0. The number of ether oxygens (including phenoxy) is 1. The average molecular weight is 784 g/mol. The quantitative estimate of drug-likeness (QED) is 0.193. The molecular weight excluding hydrogens is 745 g/mol. The summed E-state index contributed by atoms with van der Waals surface area (Å²) < 4.78 is 6.61. The molecule has 8 aromatic carbocycles. The lowest BCUT2D eigenvalue weighted by molar-refractivity contribution is 0.436. The Hall–Kier alpha value is -7.52. The molecule has 0 fully saturated rings. The van der Waals surface area contributed by atoms with Crippen molar-refractivity contribution in [2.75, 3.05) is 0 Å². The number of nitriles is 1. The van der Waals surface area contributed by atoms with Gasteiger partial charge in [-0.1, -0.05) is 165 Å². The fraction of sp³-hybridized carbons (Fsp3) is 0.107. The first-order chi connectivity index (χ1) is 29.9. The highest BCUT2D eigenvalue weighted by molar-refractivity contribution is 6.09. The highest BCUT2D eigenvalue weighted by Gasteiger charge is 2.51. The first-order valence-corrected chi connectivity index (χ1v) is 20.9. The summed E-state index contributed by atoms with van der Waals surface area (Å²) in [6.45, 7) is 4.52. The van der Waals surface area contributed by atoms with Gasteiger partial charge in [-0.3, -0.25) is 0 Å². The third kappa shape index (κ3) is 5.13. The molecule has 5 heteroatoms. The first kappa shape index (κ1) is 35.4. The van der Waals surface area contributed by atoms with Gasteiger partial charge in [-0.15, -0.1) is 0 Å². The fourth-order valence-corrected chi connectivity index (χ4v) is 10.6. The van der Waals surface area contributed by atoms with Gasteiger partial charge in [-0.25, -0.2) is 0 Å². The van der Waals surface area contributed by atoms with E-state index in [-0.39, 0.29) is 11.6 Å². The van der Waals surface area contributed by atoms with Crippen LogP contribution in [0.15, 0.2) is 187 Å². The first-order valence-electron chi connectivity index (χ1n) is 20.9. The molecule has 0 saturated heterocycles. The molecule has 4 aliphatic rings. The van der Waals surface area contributed by atoms with Crippen LogP contribution in [-0.4, -0.2) is 5.84 Å². The van der Waals surface area contributed by atoms with Crippen LogP contribution < -0.4 is 10.1 Å². The highest BCUT2D eigenvalue weighted by Crippen LogP contribution is 2.63. The van der Waals surface area contributed by atoms with Crippen LogP contribution in [0.4, 0.5) is 0 Å². The number of para-hydroxylation sites is 2. The van der Waals surface area contributed by atoms with Crippen molar-refractivity contribution < 1.29 is 4.74 Å². The van der Waals surface area contributed by atoms with E-state index in [9.17, 15) is 5.26 Å². The van der Waals surface area contributed by atoms with Crippen molar-refractivity contribution >= 4 is 5.84 Å². The number of hydrogen-bond donors (Lipinski definition) is 1. The molecule has 2 aliphatic carbocycles. The Morgan fingerprint density at radius 3 is 1.95 bits per heavy atom. The molecule has 61 heavy (non-hydrogen) atoms. The summed E-state index contributed by atoms with van der Waals surface area (Å²) in [5, 5.41) is 18.9. The van der Waals surface area contributed by atoms with Crippen LogP contribution in [0.5, 0.6) is 11.5 Å². The van der Waals surface area contributed by atoms with Crippen molar-refractivity contribution in [3.05, 3.63) is 243 Å². The Kier molecular flexibility index (Phi) is 7.69. The van der Waals surface area contributed by atoms with E-state index >= 15 is 0 Å². The molecule has 1 spiro atoms. The Morgan fingerprint density at radius 2 is 1.18 bits per heavy atom. The van der Waals surface area contributed by atoms with Gasteiger partial charge >= 0.3 is 0 Å². The zero-order chi connectivity index (χ0) is 40.9. The van der Waals surface area contributed by atoms with E-state index in [1.54, 1.807) is 0 Å². The van der Waals surface area contributed by atoms with Crippen LogP contribution in [0.3, 0.4) is 0 Å². The van der Waals surface area contributed by atoms with Crippen molar-refractivity contribution in [1.29, 1.82) is 5.26 Å². The minimum atomic E-state index is -0.573. The third-order valence-corrected chi connectivity index (χ3v) is 13.4. The van der Waals surface area contributed by atoms with Crippen LogP contribution in [0.2, 0.25) is 0 Å². The average Bonchev–Trinajstić information content (AvgIpc) is 3.74. The predicted octanol–water partition coefficient (Wildman–Crippen LogP) is 13.1. The molecule has 0 amide bonds. The number of nitrogens with one attached hydrogen (secondary N) is 1. The Bertz CT molecular complexity index is 3150. The number of nitrogens with zero attached hydrogens (tertiary/aromatic N) is 3. The number of aliphatic imine (C=N–C) groups is 1. The van der Waals surface area contributed by atoms with E-state index in [1.807, 2.05) is 12.1 Å². The van der Waals surface area contributed by atoms with E-state index in [4.69, 9.17) is 15.0 Å². The maximum atomic E-state index is 9.67. The van der Waals surface area contributed by atoms with Gasteiger partial charge in [-0.2, -0.15) is 5.26 Å². The van der Waals surface area contributed by atoms with Crippen molar-refractivity contribution in [1.82, 2.24) is 5.32 Å². The van der Waals surface area contributed by atoms with E-state index in [0.717, 1.165) is 50.4 Å². The second-order valence-corrected chi connectivity index (χ2v) is 17.0. The predicted molar refractivity (Wildman–Crippen MR) is 243 cm³/mol. The number of rotatable bonds is 4. The van der Waals surface area contributed by atoms with Gasteiger partial charge < -0.3 is 20.4 Å². The largest absolute Gasteiger partial charge is 0.457 e. The molecule has 8 aromatic rings. The van der Waals surface area contributed by atoms with Gasteiger partial charge in [0.15, 0.2) is 0 Å². The molecule has 12 rings (SSSR count). The summed E-state index contributed by atoms with van der Waals surface area (Å²) in [6, 6.07) is 66.8. The molecule has 2 atom stereocenters. The molecular formula is C56H39N4O-. The monoisotopic (exact) mass is 783 g/mol. The van der Waals surface area contributed by atoms with Crippen LogP contribution >= 0.6 is 0 Å². The lowest BCUT2D eigenvalue weighted by Gasteiger charge is -2.41. The summed E-state index contributed by atoms with van der Waals surface area (Å²) in [6.07, 6.45) is -0.773. The van der Waals surface area contributed by atoms with Gasteiger partial charge in [0.2, 0.25) is 0 Å². The van der Waals surface area contributed by atoms with Crippen LogP contribution in [0.25, 0.3) is 38.7 Å². The van der Waals surface area contributed by atoms with Gasteiger partial charge in [0.1, 0.15) is 11.5 Å². The standard InChI is InChI=1S/C56H39N4O/c1-55(2)47-30-34(33-57)26-28-39(47)40-29-27-37(32-48(40)55)36-16-12-17-38(31-36)53-58-52(35-14-4-3-5-15-35)59-54(60-53)42-19-13-23-46-51(42)41-18-6-7-20-43(41)56(46)44-21-8-10-24-49(44)61-50-25-11-9-22-45(50)56/h3-32,53-54,60H,1-2H3/q-1. The van der Waals surface area contributed by atoms with Gasteiger partial charge in [0, 0.05) is 28.9 Å². The van der Waals surface area contributed by atoms with Gasteiger partial charge in [0.25, 0.3) is 0 Å². The molecule has 290 valence electrons. The summed E-state index contributed by atoms with van der Waals surface area (Å²) in [5.74, 6) is 2.46. The molecule has 5 nitrogen and oxygen atoms in total. The molecule has 2 aliphatic heterocycles. The molecule has 0 saturated carbocycles. The Morgan fingerprint density at radius 1 is 0.557 bits per heavy atom. The minimum Gasteiger partial charge on any atom is -0.457 e. The van der Waals surface area contributed by atoms with Crippen LogP contribution in [0.1, 0.15) is 81.8 Å². The van der Waals surface area contributed by atoms with Crippen molar-refractivity contribution in [3.63, 3.8) is 0 Å². The smallest absolute Gasteiger partial charge is 0.132 e. The second-order valence-electron chi connectivity index (χ2n) is 17.0. The van der Waals surface area contributed by atoms with Crippen LogP contribution in [0, 0.1) is 11.3 Å². The van der Waals surface area contributed by atoms with Gasteiger partial charge in [0.05, 0.1) is 17.0 Å². The second kappa shape index (κ2) is 13.2. The lowest BCUT2D eigenvalue weighted by Crippen LogP contribution is -2.33. The maximum absolute atomic E-state index is 9.67. The van der Waals surface area contributed by atoms with E-state index in [2.05, 4.69) is 195 Å². The lowest BCUT2D eigenvalue weighted by atomic mass is 9.66. The zero-order valence-electron chi connectivity index (χ0n) is 33.7. The number of fused-ring (bicyclic) bond motifs is 12. The van der Waals surface area contributed by atoms with E-state index < -0.39 is 11.6 Å².